The molecule has 0 aliphatic heterocycles. The molecular formula is C26H22O5S. The van der Waals surface area contributed by atoms with Crippen LogP contribution in [-0.2, 0) is 9.84 Å². The smallest absolute Gasteiger partial charge is 0.206 e. The van der Waals surface area contributed by atoms with Crippen molar-refractivity contribution in [1.29, 1.82) is 0 Å². The molecule has 4 aromatic rings. The second-order valence-corrected chi connectivity index (χ2v) is 9.00. The number of phenolic OH excluding ortho intramolecular Hbond substituents is 1. The van der Waals surface area contributed by atoms with Crippen LogP contribution in [0.5, 0.6) is 23.0 Å². The first-order valence-electron chi connectivity index (χ1n) is 10.1. The molecule has 0 fully saturated rings. The van der Waals surface area contributed by atoms with Gasteiger partial charge in [0, 0.05) is 0 Å². The van der Waals surface area contributed by atoms with Crippen molar-refractivity contribution in [2.75, 3.05) is 6.61 Å². The summed E-state index contributed by atoms with van der Waals surface area (Å²) in [5.41, 5.74) is 1.98. The minimum Gasteiger partial charge on any atom is -0.508 e. The van der Waals surface area contributed by atoms with Crippen molar-refractivity contribution < 1.29 is 23.0 Å². The summed E-state index contributed by atoms with van der Waals surface area (Å²) < 4.78 is 37.0. The molecule has 0 unspecified atom stereocenters. The van der Waals surface area contributed by atoms with Crippen LogP contribution >= 0.6 is 0 Å². The lowest BCUT2D eigenvalue weighted by atomic mass is 10.1. The number of rotatable bonds is 7. The van der Waals surface area contributed by atoms with Gasteiger partial charge in [-0.2, -0.15) is 0 Å². The Morgan fingerprint density at radius 1 is 0.625 bits per heavy atom. The average molecular weight is 447 g/mol. The van der Waals surface area contributed by atoms with Gasteiger partial charge in [0.15, 0.2) is 0 Å². The first kappa shape index (κ1) is 21.5. The van der Waals surface area contributed by atoms with Gasteiger partial charge in [-0.25, -0.2) is 8.42 Å². The number of aromatic hydroxyl groups is 1. The summed E-state index contributed by atoms with van der Waals surface area (Å²) in [6, 6.07) is 27.2. The molecular weight excluding hydrogens is 424 g/mol. The molecule has 1 N–H and O–H groups in total. The molecule has 0 aromatic heterocycles. The van der Waals surface area contributed by atoms with E-state index in [9.17, 15) is 13.5 Å². The molecule has 0 atom stereocenters. The van der Waals surface area contributed by atoms with Crippen LogP contribution in [0.25, 0.3) is 11.1 Å². The number of sulfone groups is 1. The van der Waals surface area contributed by atoms with Gasteiger partial charge >= 0.3 is 0 Å². The van der Waals surface area contributed by atoms with Crippen LogP contribution in [0.1, 0.15) is 6.92 Å². The summed E-state index contributed by atoms with van der Waals surface area (Å²) in [5.74, 6) is 2.02. The van der Waals surface area contributed by atoms with Crippen molar-refractivity contribution >= 4 is 9.84 Å². The predicted octanol–water partition coefficient (Wildman–Crippen LogP) is 6.08. The highest BCUT2D eigenvalue weighted by Crippen LogP contribution is 2.29. The van der Waals surface area contributed by atoms with Gasteiger partial charge in [0.2, 0.25) is 9.84 Å². The Kier molecular flexibility index (Phi) is 6.14. The lowest BCUT2D eigenvalue weighted by Gasteiger charge is -2.09. The van der Waals surface area contributed by atoms with Crippen molar-refractivity contribution in [1.82, 2.24) is 0 Å². The maximum absolute atomic E-state index is 12.9. The van der Waals surface area contributed by atoms with E-state index in [4.69, 9.17) is 9.47 Å². The second kappa shape index (κ2) is 9.16. The van der Waals surface area contributed by atoms with Gasteiger partial charge in [0.1, 0.15) is 23.0 Å². The van der Waals surface area contributed by atoms with Crippen LogP contribution in [0.4, 0.5) is 0 Å². The molecule has 4 rings (SSSR count). The van der Waals surface area contributed by atoms with Crippen LogP contribution in [0.15, 0.2) is 107 Å². The molecule has 32 heavy (non-hydrogen) atoms. The molecule has 162 valence electrons. The maximum Gasteiger partial charge on any atom is 0.206 e. The molecule has 0 spiro atoms. The fourth-order valence-electron chi connectivity index (χ4n) is 3.21. The monoisotopic (exact) mass is 446 g/mol. The normalized spacial score (nSPS) is 11.2. The van der Waals surface area contributed by atoms with Gasteiger partial charge in [-0.1, -0.05) is 24.3 Å². The largest absolute Gasteiger partial charge is 0.508 e. The van der Waals surface area contributed by atoms with Gasteiger partial charge in [-0.15, -0.1) is 0 Å². The summed E-state index contributed by atoms with van der Waals surface area (Å²) in [7, 11) is -3.63. The molecule has 0 aliphatic rings. The molecule has 0 saturated carbocycles. The number of ether oxygens (including phenoxy) is 2. The van der Waals surface area contributed by atoms with E-state index < -0.39 is 9.84 Å². The van der Waals surface area contributed by atoms with Crippen LogP contribution < -0.4 is 9.47 Å². The van der Waals surface area contributed by atoms with E-state index >= 15 is 0 Å². The standard InChI is InChI=1S/C26H22O5S/c1-2-30-22-11-15-25(16-12-22)32(28,29)26-17-13-24(14-18-26)31-23-9-5-20(6-10-23)19-3-7-21(27)8-4-19/h3-18,27H,2H2,1H3. The van der Waals surface area contributed by atoms with Gasteiger partial charge < -0.3 is 14.6 Å². The molecule has 0 saturated heterocycles. The van der Waals surface area contributed by atoms with Gasteiger partial charge in [0.25, 0.3) is 0 Å². The topological polar surface area (TPSA) is 72.8 Å². The van der Waals surface area contributed by atoms with Crippen LogP contribution in [-0.4, -0.2) is 20.1 Å². The molecule has 0 heterocycles. The highest BCUT2D eigenvalue weighted by molar-refractivity contribution is 7.91. The maximum atomic E-state index is 12.9. The summed E-state index contributed by atoms with van der Waals surface area (Å²) >= 11 is 0. The Bertz CT molecular complexity index is 1280. The summed E-state index contributed by atoms with van der Waals surface area (Å²) in [5, 5.41) is 9.41. The van der Waals surface area contributed by atoms with Crippen molar-refractivity contribution in [2.24, 2.45) is 0 Å². The number of benzene rings is 4. The van der Waals surface area contributed by atoms with E-state index in [1.807, 2.05) is 43.3 Å². The Balaban J connectivity index is 1.47. The highest BCUT2D eigenvalue weighted by Gasteiger charge is 2.17. The molecule has 0 radical (unpaired) electrons. The van der Waals surface area contributed by atoms with E-state index in [0.717, 1.165) is 11.1 Å². The zero-order valence-electron chi connectivity index (χ0n) is 17.4. The van der Waals surface area contributed by atoms with Gasteiger partial charge in [-0.3, -0.25) is 0 Å². The van der Waals surface area contributed by atoms with E-state index in [1.165, 1.54) is 12.1 Å². The van der Waals surface area contributed by atoms with E-state index in [-0.39, 0.29) is 15.5 Å². The van der Waals surface area contributed by atoms with Gasteiger partial charge in [0.05, 0.1) is 16.4 Å². The molecule has 6 heteroatoms. The SMILES string of the molecule is CCOc1ccc(S(=O)(=O)c2ccc(Oc3ccc(-c4ccc(O)cc4)cc3)cc2)cc1. The molecule has 0 amide bonds. The van der Waals surface area contributed by atoms with E-state index in [1.54, 1.807) is 48.5 Å². The minimum atomic E-state index is -3.63. The Morgan fingerprint density at radius 3 is 1.50 bits per heavy atom. The fraction of sp³-hybridized carbons (Fsp3) is 0.0769. The highest BCUT2D eigenvalue weighted by atomic mass is 32.2. The predicted molar refractivity (Wildman–Crippen MR) is 123 cm³/mol. The summed E-state index contributed by atoms with van der Waals surface area (Å²) in [4.78, 5) is 0.399. The van der Waals surface area contributed by atoms with Crippen molar-refractivity contribution in [2.45, 2.75) is 16.7 Å². The van der Waals surface area contributed by atoms with E-state index in [0.29, 0.717) is 23.9 Å². The lowest BCUT2D eigenvalue weighted by molar-refractivity contribution is 0.340. The van der Waals surface area contributed by atoms with Crippen molar-refractivity contribution in [3.8, 4) is 34.1 Å². The Hall–Kier alpha value is -3.77. The molecule has 4 aromatic carbocycles. The van der Waals surface area contributed by atoms with E-state index in [2.05, 4.69) is 0 Å². The lowest BCUT2D eigenvalue weighted by Crippen LogP contribution is -2.02. The average Bonchev–Trinajstić information content (AvgIpc) is 2.81. The molecule has 0 bridgehead atoms. The quantitative estimate of drug-likeness (QED) is 0.372. The third-order valence-electron chi connectivity index (χ3n) is 4.87. The first-order valence-corrected chi connectivity index (χ1v) is 11.6. The molecule has 5 nitrogen and oxygen atoms in total. The van der Waals surface area contributed by atoms with Crippen LogP contribution in [0.2, 0.25) is 0 Å². The number of phenols is 1. The Morgan fingerprint density at radius 2 is 1.03 bits per heavy atom. The third-order valence-corrected chi connectivity index (χ3v) is 6.66. The number of hydrogen-bond donors (Lipinski definition) is 1. The fourth-order valence-corrected chi connectivity index (χ4v) is 4.47. The summed E-state index contributed by atoms with van der Waals surface area (Å²) in [6.45, 7) is 2.39. The Labute approximate surface area is 187 Å². The third kappa shape index (κ3) is 4.76. The minimum absolute atomic E-state index is 0.191. The second-order valence-electron chi connectivity index (χ2n) is 7.05. The van der Waals surface area contributed by atoms with Gasteiger partial charge in [-0.05, 0) is 90.8 Å². The summed E-state index contributed by atoms with van der Waals surface area (Å²) in [6.07, 6.45) is 0. The van der Waals surface area contributed by atoms with Crippen molar-refractivity contribution in [3.05, 3.63) is 97.1 Å². The van der Waals surface area contributed by atoms with Crippen LogP contribution in [0.3, 0.4) is 0 Å². The zero-order chi connectivity index (χ0) is 22.6. The zero-order valence-corrected chi connectivity index (χ0v) is 18.2. The van der Waals surface area contributed by atoms with Crippen molar-refractivity contribution in [3.63, 3.8) is 0 Å². The number of hydrogen-bond acceptors (Lipinski definition) is 5. The molecule has 0 aliphatic carbocycles. The first-order chi connectivity index (χ1) is 15.5. The van der Waals surface area contributed by atoms with Crippen LogP contribution in [0, 0.1) is 0 Å².